The number of para-hydroxylation sites is 2. The van der Waals surface area contributed by atoms with Gasteiger partial charge in [0.15, 0.2) is 0 Å². The lowest BCUT2D eigenvalue weighted by Gasteiger charge is -2.15. The minimum Gasteiger partial charge on any atom is -0.330 e. The third-order valence-electron chi connectivity index (χ3n) is 11.3. The highest BCUT2D eigenvalue weighted by Gasteiger charge is 2.17. The van der Waals surface area contributed by atoms with Crippen LogP contribution in [0.2, 0.25) is 0 Å². The van der Waals surface area contributed by atoms with Gasteiger partial charge in [0.25, 0.3) is 0 Å². The molecule has 0 aliphatic heterocycles. The summed E-state index contributed by atoms with van der Waals surface area (Å²) >= 11 is 0. The van der Waals surface area contributed by atoms with E-state index in [1.165, 1.54) is 61.2 Å². The fourth-order valence-corrected chi connectivity index (χ4v) is 8.32. The molecule has 0 fully saturated rings. The van der Waals surface area contributed by atoms with Crippen molar-refractivity contribution in [2.75, 3.05) is 0 Å². The monoisotopic (exact) mass is 735 g/mol. The Morgan fingerprint density at radius 2 is 1.12 bits per heavy atom. The normalized spacial score (nSPS) is 12.4. The van der Waals surface area contributed by atoms with Gasteiger partial charge in [-0.15, -0.1) is 0 Å². The summed E-state index contributed by atoms with van der Waals surface area (Å²) in [5, 5.41) is 4.53. The van der Waals surface area contributed by atoms with Gasteiger partial charge >= 0.3 is 0 Å². The Bertz CT molecular complexity index is 3000. The van der Waals surface area contributed by atoms with Crippen LogP contribution in [0.25, 0.3) is 85.6 Å². The summed E-state index contributed by atoms with van der Waals surface area (Å²) in [5.41, 5.74) is 14.3. The van der Waals surface area contributed by atoms with E-state index >= 15 is 0 Å². The Balaban J connectivity index is 1.14. The van der Waals surface area contributed by atoms with Crippen molar-refractivity contribution in [3.63, 3.8) is 0 Å². The Labute approximate surface area is 334 Å². The van der Waals surface area contributed by atoms with E-state index in [2.05, 4.69) is 235 Å². The molecule has 0 bridgehead atoms. The van der Waals surface area contributed by atoms with Crippen LogP contribution >= 0.6 is 0 Å². The highest BCUT2D eigenvalue weighted by molar-refractivity contribution is 5.91. The molecule has 9 rings (SSSR count). The third-order valence-corrected chi connectivity index (χ3v) is 11.3. The Morgan fingerprint density at radius 1 is 0.579 bits per heavy atom. The summed E-state index contributed by atoms with van der Waals surface area (Å²) in [4.78, 5) is 0. The minimum atomic E-state index is 0.764. The van der Waals surface area contributed by atoms with Gasteiger partial charge < -0.3 is 9.13 Å². The SMILES string of the molecule is C=c1/c(=C\C(=C/C)C/C=C\c2c(C)c3ccccc3n2-c2cc(-c3ccccc3)cc(-c3ccccc3)c2)n(-c2ccc(-c3ccccc3)n2C)c2ccccc12. The van der Waals surface area contributed by atoms with E-state index in [4.69, 9.17) is 0 Å². The number of hydrogen-bond donors (Lipinski definition) is 0. The van der Waals surface area contributed by atoms with Crippen molar-refractivity contribution in [2.45, 2.75) is 20.3 Å². The number of rotatable bonds is 9. The van der Waals surface area contributed by atoms with Gasteiger partial charge in [0.2, 0.25) is 0 Å². The van der Waals surface area contributed by atoms with E-state index in [0.29, 0.717) is 0 Å². The Hall–Kier alpha value is -7.10. The molecule has 0 radical (unpaired) electrons. The maximum absolute atomic E-state index is 4.63. The molecule has 3 aromatic heterocycles. The molecule has 0 amide bonds. The Kier molecular flexibility index (Phi) is 9.49. The van der Waals surface area contributed by atoms with Crippen LogP contribution in [0.1, 0.15) is 24.6 Å². The maximum atomic E-state index is 4.63. The first-order chi connectivity index (χ1) is 28.0. The van der Waals surface area contributed by atoms with Crippen molar-refractivity contribution in [1.29, 1.82) is 0 Å². The summed E-state index contributed by atoms with van der Waals surface area (Å²) in [6.07, 6.45) is 9.94. The molecule has 0 saturated heterocycles. The number of aryl methyl sites for hydroxylation is 1. The lowest BCUT2D eigenvalue weighted by Crippen LogP contribution is -2.28. The molecule has 57 heavy (non-hydrogen) atoms. The molecule has 0 saturated carbocycles. The van der Waals surface area contributed by atoms with Crippen LogP contribution in [0.4, 0.5) is 0 Å². The lowest BCUT2D eigenvalue weighted by molar-refractivity contribution is 0.853. The quantitative estimate of drug-likeness (QED) is 0.140. The average Bonchev–Trinajstić information content (AvgIpc) is 3.88. The number of allylic oxidation sites excluding steroid dienone is 3. The molecule has 3 heterocycles. The van der Waals surface area contributed by atoms with E-state index in [1.807, 2.05) is 0 Å². The van der Waals surface area contributed by atoms with Gasteiger partial charge in [-0.05, 0) is 114 Å². The number of fused-ring (bicyclic) bond motifs is 2. The van der Waals surface area contributed by atoms with Gasteiger partial charge in [-0.1, -0.05) is 146 Å². The molecule has 0 spiro atoms. The minimum absolute atomic E-state index is 0.764. The second-order valence-electron chi connectivity index (χ2n) is 14.7. The van der Waals surface area contributed by atoms with Crippen LogP contribution in [0.3, 0.4) is 0 Å². The summed E-state index contributed by atoms with van der Waals surface area (Å²) in [5.74, 6) is 1.10. The molecule has 0 unspecified atom stereocenters. The maximum Gasteiger partial charge on any atom is 0.117 e. The zero-order chi connectivity index (χ0) is 38.9. The van der Waals surface area contributed by atoms with Crippen LogP contribution in [0.15, 0.2) is 188 Å². The molecule has 6 aromatic carbocycles. The fraction of sp³-hybridized carbons (Fsp3) is 0.0741. The smallest absolute Gasteiger partial charge is 0.117 e. The second-order valence-corrected chi connectivity index (χ2v) is 14.7. The molecular weight excluding hydrogens is 691 g/mol. The highest BCUT2D eigenvalue weighted by Crippen LogP contribution is 2.35. The third kappa shape index (κ3) is 6.58. The van der Waals surface area contributed by atoms with Crippen LogP contribution in [0.5, 0.6) is 0 Å². The first-order valence-corrected chi connectivity index (χ1v) is 19.7. The van der Waals surface area contributed by atoms with Crippen molar-refractivity contribution < 1.29 is 0 Å². The van der Waals surface area contributed by atoms with E-state index in [1.54, 1.807) is 0 Å². The van der Waals surface area contributed by atoms with E-state index in [9.17, 15) is 0 Å². The number of benzene rings is 6. The zero-order valence-electron chi connectivity index (χ0n) is 32.7. The first-order valence-electron chi connectivity index (χ1n) is 19.7. The van der Waals surface area contributed by atoms with Gasteiger partial charge in [-0.2, -0.15) is 0 Å². The van der Waals surface area contributed by atoms with E-state index in [-0.39, 0.29) is 0 Å². The van der Waals surface area contributed by atoms with Gasteiger partial charge in [-0.3, -0.25) is 4.57 Å². The molecule has 9 aromatic rings. The summed E-state index contributed by atoms with van der Waals surface area (Å²) in [6, 6.07) is 60.7. The molecular formula is C54H45N3. The first kappa shape index (κ1) is 35.6. The Morgan fingerprint density at radius 3 is 1.74 bits per heavy atom. The highest BCUT2D eigenvalue weighted by atomic mass is 15.1. The van der Waals surface area contributed by atoms with Crippen molar-refractivity contribution >= 4 is 40.5 Å². The van der Waals surface area contributed by atoms with Crippen LogP contribution < -0.4 is 10.6 Å². The standard InChI is InChI=1S/C54H45N3/c1-5-40(34-53-39(3)48-28-16-18-30-52(48)57(53)54-33-32-50(55(54)4)43-25-13-8-14-26-43)20-19-31-49-38(2)47-27-15-17-29-51(47)56(49)46-36-44(41-21-9-6-10-22-41)35-45(37-46)42-23-11-7-12-24-42/h5-19,21-37H,3,20H2,1-2,4H3/b31-19-,40-5-,53-34+. The number of aromatic nitrogens is 3. The lowest BCUT2D eigenvalue weighted by atomic mass is 9.98. The number of nitrogens with zero attached hydrogens (tertiary/aromatic N) is 3. The molecule has 3 nitrogen and oxygen atoms in total. The summed E-state index contributed by atoms with van der Waals surface area (Å²) in [7, 11) is 2.15. The number of hydrogen-bond acceptors (Lipinski definition) is 0. The average molecular weight is 736 g/mol. The van der Waals surface area contributed by atoms with Crippen molar-refractivity contribution in [3.05, 3.63) is 209 Å². The van der Waals surface area contributed by atoms with Crippen molar-refractivity contribution in [3.8, 4) is 45.0 Å². The van der Waals surface area contributed by atoms with Gasteiger partial charge in [0.1, 0.15) is 5.82 Å². The fourth-order valence-electron chi connectivity index (χ4n) is 8.32. The van der Waals surface area contributed by atoms with E-state index < -0.39 is 0 Å². The molecule has 3 heteroatoms. The largest absolute Gasteiger partial charge is 0.330 e. The van der Waals surface area contributed by atoms with Crippen LogP contribution in [-0.2, 0) is 7.05 Å². The topological polar surface area (TPSA) is 14.8 Å². The molecule has 0 aliphatic carbocycles. The van der Waals surface area contributed by atoms with Crippen LogP contribution in [0, 0.1) is 6.92 Å². The summed E-state index contributed by atoms with van der Waals surface area (Å²) < 4.78 is 7.08. The predicted molar refractivity (Wildman–Crippen MR) is 243 cm³/mol. The molecule has 0 aliphatic rings. The van der Waals surface area contributed by atoms with Gasteiger partial charge in [0.05, 0.1) is 16.4 Å². The van der Waals surface area contributed by atoms with Crippen molar-refractivity contribution in [1.82, 2.24) is 13.7 Å². The zero-order valence-corrected chi connectivity index (χ0v) is 32.7. The molecule has 0 atom stereocenters. The van der Waals surface area contributed by atoms with Crippen molar-refractivity contribution in [2.24, 2.45) is 7.05 Å². The van der Waals surface area contributed by atoms with E-state index in [0.717, 1.165) is 39.4 Å². The second kappa shape index (κ2) is 15.2. The molecule has 0 N–H and O–H groups in total. The predicted octanol–water partition coefficient (Wildman–Crippen LogP) is 12.5. The van der Waals surface area contributed by atoms with Crippen LogP contribution in [-0.4, -0.2) is 13.7 Å². The summed E-state index contributed by atoms with van der Waals surface area (Å²) in [6.45, 7) is 9.01. The van der Waals surface area contributed by atoms with Gasteiger partial charge in [-0.25, -0.2) is 0 Å². The van der Waals surface area contributed by atoms with Gasteiger partial charge in [0, 0.05) is 40.1 Å². The molecule has 276 valence electrons.